The Labute approximate surface area is 136 Å². The summed E-state index contributed by atoms with van der Waals surface area (Å²) in [5.41, 5.74) is 1.25. The van der Waals surface area contributed by atoms with Gasteiger partial charge in [-0.3, -0.25) is 0 Å². The minimum atomic E-state index is 0.522. The molecule has 0 saturated heterocycles. The molecule has 0 bridgehead atoms. The summed E-state index contributed by atoms with van der Waals surface area (Å²) in [7, 11) is 1.76. The molecule has 21 heavy (non-hydrogen) atoms. The van der Waals surface area contributed by atoms with Crippen LogP contribution in [0.4, 0.5) is 5.82 Å². The predicted octanol–water partition coefficient (Wildman–Crippen LogP) is 3.20. The quantitative estimate of drug-likeness (QED) is 0.737. The first-order chi connectivity index (χ1) is 10.2. The van der Waals surface area contributed by atoms with Crippen molar-refractivity contribution in [2.75, 3.05) is 31.7 Å². The van der Waals surface area contributed by atoms with Crippen LogP contribution in [0, 0.1) is 5.92 Å². The van der Waals surface area contributed by atoms with Crippen LogP contribution in [-0.2, 0) is 11.3 Å². The molecular formula is C16H26BrN3O. The van der Waals surface area contributed by atoms with Crippen LogP contribution >= 0.6 is 15.9 Å². The van der Waals surface area contributed by atoms with Crippen molar-refractivity contribution in [2.24, 2.45) is 5.92 Å². The van der Waals surface area contributed by atoms with Gasteiger partial charge in [0.25, 0.3) is 0 Å². The number of nitrogens with zero attached hydrogens (tertiary/aromatic N) is 2. The maximum Gasteiger partial charge on any atom is 0.133 e. The lowest BCUT2D eigenvalue weighted by molar-refractivity contribution is 0.202. The monoisotopic (exact) mass is 355 g/mol. The Bertz CT molecular complexity index is 451. The van der Waals surface area contributed by atoms with Gasteiger partial charge in [0.1, 0.15) is 5.82 Å². The van der Waals surface area contributed by atoms with Gasteiger partial charge in [0.15, 0.2) is 0 Å². The molecule has 1 aliphatic carbocycles. The number of rotatable bonds is 9. The Morgan fingerprint density at radius 1 is 1.52 bits per heavy atom. The number of pyridine rings is 1. The standard InChI is InChI=1S/C16H26BrN3O/c1-4-18-10-14-9-15(17)11-19-16(14)20(7-8-21-3)12(2)13-5-6-13/h9,11-13,18H,4-8,10H2,1-3H3. The fraction of sp³-hybridized carbons (Fsp3) is 0.688. The van der Waals surface area contributed by atoms with Crippen LogP contribution in [0.2, 0.25) is 0 Å². The van der Waals surface area contributed by atoms with Gasteiger partial charge in [0.2, 0.25) is 0 Å². The van der Waals surface area contributed by atoms with Gasteiger partial charge in [-0.1, -0.05) is 6.92 Å². The van der Waals surface area contributed by atoms with Crippen molar-refractivity contribution in [1.29, 1.82) is 0 Å². The zero-order chi connectivity index (χ0) is 15.2. The molecule has 4 nitrogen and oxygen atoms in total. The second-order valence-corrected chi connectivity index (χ2v) is 6.60. The van der Waals surface area contributed by atoms with Crippen molar-refractivity contribution in [2.45, 2.75) is 39.3 Å². The fourth-order valence-corrected chi connectivity index (χ4v) is 3.03. The SMILES string of the molecule is CCNCc1cc(Br)cnc1N(CCOC)C(C)C1CC1. The Balaban J connectivity index is 2.23. The highest BCUT2D eigenvalue weighted by Crippen LogP contribution is 2.37. The predicted molar refractivity (Wildman–Crippen MR) is 90.7 cm³/mol. The van der Waals surface area contributed by atoms with Gasteiger partial charge in [0.05, 0.1) is 6.61 Å². The van der Waals surface area contributed by atoms with Crippen molar-refractivity contribution in [3.8, 4) is 0 Å². The van der Waals surface area contributed by atoms with Crippen LogP contribution in [0.5, 0.6) is 0 Å². The van der Waals surface area contributed by atoms with E-state index < -0.39 is 0 Å². The molecule has 1 heterocycles. The summed E-state index contributed by atoms with van der Waals surface area (Å²) in [6.45, 7) is 7.87. The molecule has 0 spiro atoms. The first-order valence-corrected chi connectivity index (χ1v) is 8.57. The highest BCUT2D eigenvalue weighted by atomic mass is 79.9. The molecule has 5 heteroatoms. The zero-order valence-electron chi connectivity index (χ0n) is 13.2. The first-order valence-electron chi connectivity index (χ1n) is 7.78. The normalized spacial score (nSPS) is 16.0. The number of methoxy groups -OCH3 is 1. The summed E-state index contributed by atoms with van der Waals surface area (Å²) in [6.07, 6.45) is 4.57. The fourth-order valence-electron chi connectivity index (χ4n) is 2.65. The third kappa shape index (κ3) is 4.66. The van der Waals surface area contributed by atoms with E-state index in [2.05, 4.69) is 46.1 Å². The van der Waals surface area contributed by atoms with Gasteiger partial charge in [-0.2, -0.15) is 0 Å². The van der Waals surface area contributed by atoms with E-state index in [1.165, 1.54) is 18.4 Å². The molecule has 0 amide bonds. The molecule has 1 unspecified atom stereocenters. The topological polar surface area (TPSA) is 37.4 Å². The molecule has 1 N–H and O–H groups in total. The van der Waals surface area contributed by atoms with E-state index in [1.807, 2.05) is 6.20 Å². The number of ether oxygens (including phenoxy) is 1. The number of hydrogen-bond donors (Lipinski definition) is 1. The van der Waals surface area contributed by atoms with E-state index in [0.717, 1.165) is 42.4 Å². The molecule has 1 saturated carbocycles. The summed E-state index contributed by atoms with van der Waals surface area (Å²) in [6, 6.07) is 2.69. The molecule has 1 fully saturated rings. The minimum absolute atomic E-state index is 0.522. The average Bonchev–Trinajstić information content (AvgIpc) is 3.31. The molecule has 0 aromatic carbocycles. The molecule has 1 aromatic rings. The molecule has 118 valence electrons. The van der Waals surface area contributed by atoms with E-state index in [1.54, 1.807) is 7.11 Å². The maximum atomic E-state index is 5.29. The van der Waals surface area contributed by atoms with Gasteiger partial charge in [-0.25, -0.2) is 4.98 Å². The van der Waals surface area contributed by atoms with E-state index in [0.29, 0.717) is 6.04 Å². The van der Waals surface area contributed by atoms with Crippen LogP contribution in [-0.4, -0.2) is 37.8 Å². The van der Waals surface area contributed by atoms with E-state index in [-0.39, 0.29) is 0 Å². The molecular weight excluding hydrogens is 330 g/mol. The Kier molecular flexibility index (Phi) is 6.45. The zero-order valence-corrected chi connectivity index (χ0v) is 14.8. The Morgan fingerprint density at radius 3 is 2.90 bits per heavy atom. The average molecular weight is 356 g/mol. The number of nitrogens with one attached hydrogen (secondary N) is 1. The van der Waals surface area contributed by atoms with E-state index in [4.69, 9.17) is 9.72 Å². The third-order valence-corrected chi connectivity index (χ3v) is 4.51. The molecule has 1 aliphatic rings. The second kappa shape index (κ2) is 8.11. The van der Waals surface area contributed by atoms with Crippen molar-refractivity contribution in [3.63, 3.8) is 0 Å². The van der Waals surface area contributed by atoms with E-state index >= 15 is 0 Å². The summed E-state index contributed by atoms with van der Waals surface area (Å²) < 4.78 is 6.33. The van der Waals surface area contributed by atoms with Crippen LogP contribution in [0.1, 0.15) is 32.3 Å². The molecule has 0 aliphatic heterocycles. The van der Waals surface area contributed by atoms with E-state index in [9.17, 15) is 0 Å². The molecule has 1 atom stereocenters. The largest absolute Gasteiger partial charge is 0.383 e. The minimum Gasteiger partial charge on any atom is -0.383 e. The molecule has 0 radical (unpaired) electrons. The smallest absolute Gasteiger partial charge is 0.133 e. The number of hydrogen-bond acceptors (Lipinski definition) is 4. The Morgan fingerprint density at radius 2 is 2.29 bits per heavy atom. The number of aromatic nitrogens is 1. The maximum absolute atomic E-state index is 5.29. The Hall–Kier alpha value is -0.650. The first kappa shape index (κ1) is 16.7. The van der Waals surface area contributed by atoms with Gasteiger partial charge < -0.3 is 15.0 Å². The van der Waals surface area contributed by atoms with Crippen molar-refractivity contribution in [3.05, 3.63) is 22.3 Å². The van der Waals surface area contributed by atoms with Crippen LogP contribution < -0.4 is 10.2 Å². The lowest BCUT2D eigenvalue weighted by Crippen LogP contribution is -2.39. The van der Waals surface area contributed by atoms with Gasteiger partial charge >= 0.3 is 0 Å². The summed E-state index contributed by atoms with van der Waals surface area (Å²) in [5.74, 6) is 1.90. The van der Waals surface area contributed by atoms with Crippen molar-refractivity contribution < 1.29 is 4.74 Å². The van der Waals surface area contributed by atoms with Gasteiger partial charge in [0, 0.05) is 42.5 Å². The highest BCUT2D eigenvalue weighted by molar-refractivity contribution is 9.10. The number of anilines is 1. The highest BCUT2D eigenvalue weighted by Gasteiger charge is 2.33. The second-order valence-electron chi connectivity index (χ2n) is 5.68. The molecule has 2 rings (SSSR count). The summed E-state index contributed by atoms with van der Waals surface area (Å²) in [5, 5.41) is 3.41. The summed E-state index contributed by atoms with van der Waals surface area (Å²) >= 11 is 3.53. The van der Waals surface area contributed by atoms with Crippen LogP contribution in [0.15, 0.2) is 16.7 Å². The number of halogens is 1. The van der Waals surface area contributed by atoms with Gasteiger partial charge in [-0.05, 0) is 54.2 Å². The van der Waals surface area contributed by atoms with Gasteiger partial charge in [-0.15, -0.1) is 0 Å². The van der Waals surface area contributed by atoms with Crippen molar-refractivity contribution >= 4 is 21.7 Å². The van der Waals surface area contributed by atoms with Crippen LogP contribution in [0.3, 0.4) is 0 Å². The lowest BCUT2D eigenvalue weighted by Gasteiger charge is -2.32. The van der Waals surface area contributed by atoms with Crippen LogP contribution in [0.25, 0.3) is 0 Å². The summed E-state index contributed by atoms with van der Waals surface area (Å²) in [4.78, 5) is 7.12. The third-order valence-electron chi connectivity index (χ3n) is 4.08. The van der Waals surface area contributed by atoms with Crippen molar-refractivity contribution in [1.82, 2.24) is 10.3 Å². The lowest BCUT2D eigenvalue weighted by atomic mass is 10.1. The molecule has 1 aromatic heterocycles.